The molecular formula is C20H24N8O3. The number of benzene rings is 1. The molecule has 1 aromatic carbocycles. The molecule has 1 amide bonds. The molecule has 1 saturated heterocycles. The van der Waals surface area contributed by atoms with Crippen molar-refractivity contribution in [2.24, 2.45) is 0 Å². The fourth-order valence-corrected chi connectivity index (χ4v) is 3.68. The third kappa shape index (κ3) is 4.20. The molecule has 2 aromatic heterocycles. The Hall–Kier alpha value is -3.89. The zero-order valence-corrected chi connectivity index (χ0v) is 17.5. The average Bonchev–Trinajstić information content (AvgIpc) is 3.42. The predicted molar refractivity (Wildman–Crippen MR) is 114 cm³/mol. The van der Waals surface area contributed by atoms with Crippen molar-refractivity contribution in [1.82, 2.24) is 29.9 Å². The minimum absolute atomic E-state index is 0.292. The zero-order chi connectivity index (χ0) is 22.0. The van der Waals surface area contributed by atoms with Gasteiger partial charge in [-0.15, -0.1) is 5.10 Å². The molecule has 0 aliphatic carbocycles. The van der Waals surface area contributed by atoms with Crippen molar-refractivity contribution >= 4 is 23.5 Å². The number of aryl methyl sites for hydroxylation is 1. The van der Waals surface area contributed by atoms with E-state index in [1.54, 1.807) is 25.0 Å². The van der Waals surface area contributed by atoms with Gasteiger partial charge in [0.05, 0.1) is 19.3 Å². The van der Waals surface area contributed by atoms with Crippen LogP contribution in [0, 0.1) is 6.92 Å². The second-order valence-electron chi connectivity index (χ2n) is 7.20. The highest BCUT2D eigenvalue weighted by Gasteiger charge is 2.32. The van der Waals surface area contributed by atoms with Gasteiger partial charge >= 0.3 is 6.09 Å². The Bertz CT molecular complexity index is 1100. The first kappa shape index (κ1) is 20.4. The summed E-state index contributed by atoms with van der Waals surface area (Å²) < 4.78 is 7.08. The minimum Gasteiger partial charge on any atom is -0.494 e. The Balaban J connectivity index is 1.64. The van der Waals surface area contributed by atoms with Gasteiger partial charge in [-0.2, -0.15) is 4.98 Å². The molecule has 4 rings (SSSR count). The van der Waals surface area contributed by atoms with Crippen molar-refractivity contribution in [2.75, 3.05) is 31.3 Å². The Morgan fingerprint density at radius 3 is 2.87 bits per heavy atom. The molecule has 1 aliphatic heterocycles. The lowest BCUT2D eigenvalue weighted by molar-refractivity contribution is 0.139. The monoisotopic (exact) mass is 424 g/mol. The molecular weight excluding hydrogens is 400 g/mol. The molecule has 3 aromatic rings. The van der Waals surface area contributed by atoms with Crippen LogP contribution in [-0.2, 0) is 0 Å². The second kappa shape index (κ2) is 8.46. The van der Waals surface area contributed by atoms with E-state index in [1.165, 1.54) is 4.90 Å². The van der Waals surface area contributed by atoms with Crippen LogP contribution in [0.2, 0.25) is 0 Å². The van der Waals surface area contributed by atoms with E-state index in [9.17, 15) is 9.90 Å². The predicted octanol–water partition coefficient (Wildman–Crippen LogP) is 2.97. The zero-order valence-electron chi connectivity index (χ0n) is 17.5. The molecule has 3 N–H and O–H groups in total. The van der Waals surface area contributed by atoms with Crippen molar-refractivity contribution in [3.05, 3.63) is 41.9 Å². The van der Waals surface area contributed by atoms with Crippen LogP contribution in [0.15, 0.2) is 30.5 Å². The Morgan fingerprint density at radius 1 is 1.29 bits per heavy atom. The van der Waals surface area contributed by atoms with E-state index >= 15 is 0 Å². The molecule has 11 nitrogen and oxygen atoms in total. The number of hydrogen-bond acceptors (Lipinski definition) is 8. The number of carbonyl (C=O) groups is 1. The number of nitrogens with zero attached hydrogens (tertiary/aromatic N) is 6. The Morgan fingerprint density at radius 2 is 2.13 bits per heavy atom. The first-order valence-corrected chi connectivity index (χ1v) is 9.89. The molecule has 1 aliphatic rings. The smallest absolute Gasteiger partial charge is 0.407 e. The van der Waals surface area contributed by atoms with Gasteiger partial charge in [-0.1, -0.05) is 5.21 Å². The maximum absolute atomic E-state index is 11.5. The molecule has 3 heterocycles. The molecule has 1 fully saturated rings. The van der Waals surface area contributed by atoms with E-state index in [-0.39, 0.29) is 6.04 Å². The number of amides is 1. The number of rotatable bonds is 6. The number of hydrogen-bond donors (Lipinski definition) is 3. The van der Waals surface area contributed by atoms with Crippen LogP contribution in [0.25, 0.3) is 5.69 Å². The Kier molecular flexibility index (Phi) is 5.56. The van der Waals surface area contributed by atoms with Gasteiger partial charge in [-0.25, -0.2) is 14.5 Å². The van der Waals surface area contributed by atoms with E-state index in [1.807, 2.05) is 31.2 Å². The average molecular weight is 424 g/mol. The van der Waals surface area contributed by atoms with Gasteiger partial charge in [0.2, 0.25) is 5.95 Å². The second-order valence-corrected chi connectivity index (χ2v) is 7.20. The van der Waals surface area contributed by atoms with Gasteiger partial charge < -0.3 is 20.5 Å². The molecule has 31 heavy (non-hydrogen) atoms. The number of aromatic nitrogens is 5. The van der Waals surface area contributed by atoms with Crippen LogP contribution in [0.4, 0.5) is 22.2 Å². The third-order valence-corrected chi connectivity index (χ3v) is 5.14. The van der Waals surface area contributed by atoms with Crippen molar-refractivity contribution in [3.63, 3.8) is 0 Å². The van der Waals surface area contributed by atoms with E-state index in [2.05, 4.69) is 30.9 Å². The summed E-state index contributed by atoms with van der Waals surface area (Å²) in [7, 11) is 3.38. The van der Waals surface area contributed by atoms with Gasteiger partial charge in [0.25, 0.3) is 0 Å². The highest BCUT2D eigenvalue weighted by Crippen LogP contribution is 2.32. The summed E-state index contributed by atoms with van der Waals surface area (Å²) in [5, 5.41) is 24.1. The summed E-state index contributed by atoms with van der Waals surface area (Å²) in [4.78, 5) is 21.7. The van der Waals surface area contributed by atoms with E-state index in [4.69, 9.17) is 4.74 Å². The van der Waals surface area contributed by atoms with Gasteiger partial charge in [0.15, 0.2) is 0 Å². The van der Waals surface area contributed by atoms with E-state index < -0.39 is 6.09 Å². The van der Waals surface area contributed by atoms with Crippen LogP contribution < -0.4 is 15.4 Å². The quantitative estimate of drug-likeness (QED) is 0.546. The lowest BCUT2D eigenvalue weighted by atomic mass is 10.1. The summed E-state index contributed by atoms with van der Waals surface area (Å²) in [5.74, 6) is 1.77. The molecule has 162 valence electrons. The molecule has 0 unspecified atom stereocenters. The van der Waals surface area contributed by atoms with E-state index in [0.29, 0.717) is 35.4 Å². The largest absolute Gasteiger partial charge is 0.494 e. The van der Waals surface area contributed by atoms with Crippen molar-refractivity contribution in [2.45, 2.75) is 25.8 Å². The molecule has 0 bridgehead atoms. The number of nitrogens with one attached hydrogen (secondary N) is 2. The maximum Gasteiger partial charge on any atom is 0.407 e. The SMILES string of the molecule is CNc1cc(C)nc(Nc2ccc(OC)c(-n3cc([C@@H]4CCCN4C(=O)O)nn3)c2)n1. The van der Waals surface area contributed by atoms with Gasteiger partial charge in [0.1, 0.15) is 22.9 Å². The fourth-order valence-electron chi connectivity index (χ4n) is 3.68. The van der Waals surface area contributed by atoms with Crippen LogP contribution >= 0.6 is 0 Å². The van der Waals surface area contributed by atoms with Gasteiger partial charge in [0, 0.05) is 31.0 Å². The van der Waals surface area contributed by atoms with Gasteiger partial charge in [-0.05, 0) is 38.0 Å². The van der Waals surface area contributed by atoms with Crippen LogP contribution in [-0.4, -0.2) is 61.8 Å². The Labute approximate surface area is 179 Å². The number of methoxy groups -OCH3 is 1. The summed E-state index contributed by atoms with van der Waals surface area (Å²) >= 11 is 0. The molecule has 1 atom stereocenters. The van der Waals surface area contributed by atoms with Crippen LogP contribution in [0.1, 0.15) is 30.3 Å². The number of anilines is 3. The van der Waals surface area contributed by atoms with Crippen LogP contribution in [0.5, 0.6) is 5.75 Å². The number of likely N-dealkylation sites (tertiary alicyclic amines) is 1. The fraction of sp³-hybridized carbons (Fsp3) is 0.350. The minimum atomic E-state index is -0.945. The van der Waals surface area contributed by atoms with Gasteiger partial charge in [-0.3, -0.25) is 4.90 Å². The van der Waals surface area contributed by atoms with E-state index in [0.717, 1.165) is 24.2 Å². The topological polar surface area (TPSA) is 130 Å². The molecule has 11 heteroatoms. The lowest BCUT2D eigenvalue weighted by Crippen LogP contribution is -2.28. The third-order valence-electron chi connectivity index (χ3n) is 5.14. The molecule has 0 radical (unpaired) electrons. The summed E-state index contributed by atoms with van der Waals surface area (Å²) in [6, 6.07) is 7.08. The first-order chi connectivity index (χ1) is 15.0. The normalized spacial score (nSPS) is 15.7. The summed E-state index contributed by atoms with van der Waals surface area (Å²) in [6.45, 7) is 2.40. The highest BCUT2D eigenvalue weighted by molar-refractivity contribution is 5.66. The molecule has 0 saturated carbocycles. The van der Waals surface area contributed by atoms with Crippen LogP contribution in [0.3, 0.4) is 0 Å². The number of ether oxygens (including phenoxy) is 1. The molecule has 0 spiro atoms. The van der Waals surface area contributed by atoms with Crippen molar-refractivity contribution < 1.29 is 14.6 Å². The lowest BCUT2D eigenvalue weighted by Gasteiger charge is -2.18. The summed E-state index contributed by atoms with van der Waals surface area (Å²) in [6.07, 6.45) is 2.33. The standard InChI is InChI=1S/C20H24N8O3/c1-12-9-18(21-2)24-19(22-12)23-13-6-7-17(31-3)16(10-13)28-11-14(25-26-28)15-5-4-8-27(15)20(29)30/h6-7,9-11,15H,4-5,8H2,1-3H3,(H,29,30)(H2,21,22,23,24)/t15-/m0/s1. The van der Waals surface area contributed by atoms with Crippen molar-refractivity contribution in [1.29, 1.82) is 0 Å². The van der Waals surface area contributed by atoms with Crippen molar-refractivity contribution in [3.8, 4) is 11.4 Å². The summed E-state index contributed by atoms with van der Waals surface area (Å²) in [5.41, 5.74) is 2.85. The number of carboxylic acid groups (broad SMARTS) is 1. The first-order valence-electron chi connectivity index (χ1n) is 9.89. The maximum atomic E-state index is 11.5. The highest BCUT2D eigenvalue weighted by atomic mass is 16.5.